The number of nitrogens with zero attached hydrogens (tertiary/aromatic N) is 1. The predicted molar refractivity (Wildman–Crippen MR) is 148 cm³/mol. The maximum atomic E-state index is 12.1. The molecule has 0 aliphatic heterocycles. The number of benzene rings is 3. The van der Waals surface area contributed by atoms with Crippen LogP contribution in [0.15, 0.2) is 83.8 Å². The van der Waals surface area contributed by atoms with Crippen molar-refractivity contribution in [2.24, 2.45) is 0 Å². The highest BCUT2D eigenvalue weighted by Crippen LogP contribution is 2.25. The zero-order valence-electron chi connectivity index (χ0n) is 21.6. The Morgan fingerprint density at radius 2 is 1.45 bits per heavy atom. The van der Waals surface area contributed by atoms with E-state index in [1.807, 2.05) is 68.6 Å². The Hall–Kier alpha value is -3.50. The minimum absolute atomic E-state index is 0.0553. The highest BCUT2D eigenvalue weighted by molar-refractivity contribution is 7.86. The first-order chi connectivity index (χ1) is 18.4. The third-order valence-electron chi connectivity index (χ3n) is 5.77. The topological polar surface area (TPSA) is 96.0 Å². The minimum Gasteiger partial charge on any atom is -0.491 e. The minimum atomic E-state index is -3.77. The van der Waals surface area contributed by atoms with Crippen molar-refractivity contribution < 1.29 is 26.8 Å². The van der Waals surface area contributed by atoms with Crippen LogP contribution in [0.1, 0.15) is 5.56 Å². The number of hydrogen-bond acceptors (Lipinski definition) is 8. The van der Waals surface area contributed by atoms with Gasteiger partial charge < -0.3 is 19.5 Å². The van der Waals surface area contributed by atoms with Gasteiger partial charge in [-0.15, -0.1) is 0 Å². The summed E-state index contributed by atoms with van der Waals surface area (Å²) in [5.74, 6) is 0.747. The smallest absolute Gasteiger partial charge is 0.297 e. The van der Waals surface area contributed by atoms with Crippen LogP contribution in [0, 0.1) is 6.92 Å². The Labute approximate surface area is 223 Å². The quantitative estimate of drug-likeness (QED) is 0.176. The summed E-state index contributed by atoms with van der Waals surface area (Å²) in [5, 5.41) is 4.12. The Morgan fingerprint density at radius 1 is 0.763 bits per heavy atom. The molecule has 0 unspecified atom stereocenters. The third-order valence-corrected chi connectivity index (χ3v) is 7.10. The van der Waals surface area contributed by atoms with Crippen LogP contribution in [0.5, 0.6) is 5.75 Å². The molecule has 8 nitrogen and oxygen atoms in total. The summed E-state index contributed by atoms with van der Waals surface area (Å²) in [4.78, 5) is 4.90. The van der Waals surface area contributed by atoms with E-state index in [-0.39, 0.29) is 18.1 Å². The summed E-state index contributed by atoms with van der Waals surface area (Å²) in [6.45, 7) is 3.48. The maximum Gasteiger partial charge on any atom is 0.297 e. The molecule has 0 radical (unpaired) electrons. The van der Waals surface area contributed by atoms with Crippen molar-refractivity contribution in [2.75, 3.05) is 52.0 Å². The van der Waals surface area contributed by atoms with Gasteiger partial charge in [-0.1, -0.05) is 35.9 Å². The van der Waals surface area contributed by atoms with Crippen molar-refractivity contribution in [2.45, 2.75) is 11.8 Å². The number of nitrogens with one attached hydrogen (secondary N) is 1. The lowest BCUT2D eigenvalue weighted by Gasteiger charge is -2.10. The highest BCUT2D eigenvalue weighted by Gasteiger charge is 2.14. The second-order valence-corrected chi connectivity index (χ2v) is 10.2. The summed E-state index contributed by atoms with van der Waals surface area (Å²) in [6.07, 6.45) is 0. The van der Waals surface area contributed by atoms with Gasteiger partial charge in [0.1, 0.15) is 12.4 Å². The van der Waals surface area contributed by atoms with Gasteiger partial charge in [-0.2, -0.15) is 8.42 Å². The molecule has 0 aliphatic rings. The molecule has 1 heterocycles. The van der Waals surface area contributed by atoms with E-state index in [0.717, 1.165) is 39.2 Å². The number of aromatic nitrogens is 1. The van der Waals surface area contributed by atoms with Crippen molar-refractivity contribution in [1.29, 1.82) is 0 Å². The van der Waals surface area contributed by atoms with Crippen LogP contribution in [0.3, 0.4) is 0 Å². The molecule has 38 heavy (non-hydrogen) atoms. The van der Waals surface area contributed by atoms with E-state index < -0.39 is 10.1 Å². The molecular weight excluding hydrogens is 504 g/mol. The van der Waals surface area contributed by atoms with Gasteiger partial charge in [-0.25, -0.2) is 4.98 Å². The number of ether oxygens (including phenoxy) is 3. The maximum absolute atomic E-state index is 12.1. The molecule has 0 atom stereocenters. The van der Waals surface area contributed by atoms with Gasteiger partial charge in [-0.3, -0.25) is 4.18 Å². The van der Waals surface area contributed by atoms with Crippen LogP contribution in [0.2, 0.25) is 0 Å². The number of hydrogen-bond donors (Lipinski definition) is 1. The van der Waals surface area contributed by atoms with E-state index in [1.54, 1.807) is 12.1 Å². The summed E-state index contributed by atoms with van der Waals surface area (Å²) in [7, 11) is -1.88. The summed E-state index contributed by atoms with van der Waals surface area (Å²) in [5.41, 5.74) is 4.92. The molecule has 9 heteroatoms. The van der Waals surface area contributed by atoms with Crippen LogP contribution in [0.4, 0.5) is 5.69 Å². The zero-order valence-corrected chi connectivity index (χ0v) is 22.4. The molecule has 0 saturated carbocycles. The number of pyridine rings is 1. The first-order valence-electron chi connectivity index (χ1n) is 12.4. The average molecular weight is 537 g/mol. The van der Waals surface area contributed by atoms with Crippen LogP contribution in [-0.4, -0.2) is 60.1 Å². The molecule has 0 amide bonds. The van der Waals surface area contributed by atoms with E-state index >= 15 is 0 Å². The molecule has 0 bridgehead atoms. The Morgan fingerprint density at radius 3 is 2.16 bits per heavy atom. The molecule has 4 aromatic rings. The van der Waals surface area contributed by atoms with E-state index in [1.165, 1.54) is 12.1 Å². The first kappa shape index (κ1) is 27.5. The van der Waals surface area contributed by atoms with Crippen LogP contribution < -0.4 is 10.1 Å². The van der Waals surface area contributed by atoms with Gasteiger partial charge in [0, 0.05) is 23.7 Å². The van der Waals surface area contributed by atoms with Gasteiger partial charge in [0.2, 0.25) is 0 Å². The second-order valence-electron chi connectivity index (χ2n) is 8.54. The number of rotatable bonds is 14. The fourth-order valence-corrected chi connectivity index (χ4v) is 4.57. The fraction of sp³-hybridized carbons (Fsp3) is 0.276. The molecule has 0 saturated heterocycles. The Kier molecular flexibility index (Phi) is 9.67. The fourth-order valence-electron chi connectivity index (χ4n) is 3.68. The number of fused-ring (bicyclic) bond motifs is 1. The number of aryl methyl sites for hydroxylation is 1. The molecule has 0 aliphatic carbocycles. The van der Waals surface area contributed by atoms with Gasteiger partial charge >= 0.3 is 0 Å². The molecule has 1 N–H and O–H groups in total. The molecule has 4 rings (SSSR count). The Bertz CT molecular complexity index is 1420. The predicted octanol–water partition coefficient (Wildman–Crippen LogP) is 5.07. The van der Waals surface area contributed by atoms with E-state index in [2.05, 4.69) is 5.32 Å². The van der Waals surface area contributed by atoms with Crippen molar-refractivity contribution in [1.82, 2.24) is 4.98 Å². The lowest BCUT2D eigenvalue weighted by atomic mass is 10.1. The highest BCUT2D eigenvalue weighted by atomic mass is 32.2. The van der Waals surface area contributed by atoms with Crippen molar-refractivity contribution in [3.8, 4) is 17.0 Å². The Balaban J connectivity index is 1.11. The zero-order chi connectivity index (χ0) is 26.8. The third kappa shape index (κ3) is 7.75. The molecule has 0 fully saturated rings. The lowest BCUT2D eigenvalue weighted by Crippen LogP contribution is -2.14. The van der Waals surface area contributed by atoms with Crippen molar-refractivity contribution in [3.05, 3.63) is 84.4 Å². The second kappa shape index (κ2) is 13.3. The largest absolute Gasteiger partial charge is 0.491 e. The molecular formula is C29H32N2O6S. The van der Waals surface area contributed by atoms with Crippen molar-refractivity contribution >= 4 is 26.7 Å². The van der Waals surface area contributed by atoms with Gasteiger partial charge in [-0.05, 0) is 55.5 Å². The molecule has 200 valence electrons. The van der Waals surface area contributed by atoms with Crippen molar-refractivity contribution in [3.63, 3.8) is 0 Å². The van der Waals surface area contributed by atoms with E-state index in [4.69, 9.17) is 23.4 Å². The average Bonchev–Trinajstić information content (AvgIpc) is 2.94. The van der Waals surface area contributed by atoms with Gasteiger partial charge in [0.25, 0.3) is 10.1 Å². The molecule has 1 aromatic heterocycles. The summed E-state index contributed by atoms with van der Waals surface area (Å²) < 4.78 is 45.9. The van der Waals surface area contributed by atoms with Crippen LogP contribution in [-0.2, 0) is 23.8 Å². The molecule has 3 aromatic carbocycles. The summed E-state index contributed by atoms with van der Waals surface area (Å²) >= 11 is 0. The van der Waals surface area contributed by atoms with Crippen LogP contribution in [0.25, 0.3) is 22.2 Å². The standard InChI is InChI=1S/C29H32N2O6S/c1-22-3-11-27(12-4-22)38(32,33)37-20-18-35-16-15-34-17-19-36-26-10-14-29-24(21-26)7-13-28(31-29)23-5-8-25(30-2)9-6-23/h3-14,21,30H,15-20H2,1-2H3. The lowest BCUT2D eigenvalue weighted by molar-refractivity contribution is 0.0279. The molecule has 0 spiro atoms. The summed E-state index contributed by atoms with van der Waals surface area (Å²) in [6, 6.07) is 24.5. The monoisotopic (exact) mass is 536 g/mol. The van der Waals surface area contributed by atoms with E-state index in [0.29, 0.717) is 26.4 Å². The van der Waals surface area contributed by atoms with E-state index in [9.17, 15) is 8.42 Å². The van der Waals surface area contributed by atoms with Crippen LogP contribution >= 0.6 is 0 Å². The number of anilines is 1. The van der Waals surface area contributed by atoms with Gasteiger partial charge in [0.15, 0.2) is 0 Å². The van der Waals surface area contributed by atoms with Gasteiger partial charge in [0.05, 0.1) is 49.1 Å². The normalized spacial score (nSPS) is 11.5. The first-order valence-corrected chi connectivity index (χ1v) is 13.8. The SMILES string of the molecule is CNc1ccc(-c2ccc3cc(OCCOCCOCCOS(=O)(=O)c4ccc(C)cc4)ccc3n2)cc1.